The quantitative estimate of drug-likeness (QED) is 0.249. The van der Waals surface area contributed by atoms with Crippen LogP contribution in [0.25, 0.3) is 17.0 Å². The van der Waals surface area contributed by atoms with E-state index in [4.69, 9.17) is 14.2 Å². The molecule has 0 spiro atoms. The predicted molar refractivity (Wildman–Crippen MR) is 148 cm³/mol. The topological polar surface area (TPSA) is 117 Å². The first-order valence-corrected chi connectivity index (χ1v) is 13.1. The van der Waals surface area contributed by atoms with Crippen LogP contribution in [0.15, 0.2) is 72.5 Å². The van der Waals surface area contributed by atoms with Crippen molar-refractivity contribution in [2.45, 2.75) is 6.54 Å². The number of para-hydroxylation sites is 2. The van der Waals surface area contributed by atoms with Crippen molar-refractivity contribution in [3.05, 3.63) is 89.3 Å². The first-order valence-electron chi connectivity index (χ1n) is 13.1. The normalized spacial score (nSPS) is 16.2. The number of ether oxygens (including phenoxy) is 3. The number of rotatable bonds is 8. The molecular formula is C30H28N4O6. The molecule has 0 aliphatic carbocycles. The van der Waals surface area contributed by atoms with Crippen LogP contribution in [0.4, 0.5) is 4.79 Å². The molecule has 0 saturated carbocycles. The molecule has 2 N–H and O–H groups in total. The van der Waals surface area contributed by atoms with Crippen LogP contribution in [0.2, 0.25) is 0 Å². The Morgan fingerprint density at radius 1 is 0.975 bits per heavy atom. The number of fused-ring (bicyclic) bond motifs is 2. The van der Waals surface area contributed by atoms with Crippen molar-refractivity contribution in [2.24, 2.45) is 0 Å². The second-order valence-corrected chi connectivity index (χ2v) is 9.57. The molecule has 3 heterocycles. The summed E-state index contributed by atoms with van der Waals surface area (Å²) in [7, 11) is 0. The van der Waals surface area contributed by atoms with Crippen molar-refractivity contribution in [1.82, 2.24) is 20.0 Å². The lowest BCUT2D eigenvalue weighted by molar-refractivity contribution is 0.101. The van der Waals surface area contributed by atoms with Crippen LogP contribution in [-0.2, 0) is 6.54 Å². The number of piperazine rings is 1. The number of carbonyl (C=O) groups excluding carboxylic acids is 1. The average molecular weight is 541 g/mol. The fraction of sp³-hybridized carbons (Fsp3) is 0.233. The van der Waals surface area contributed by atoms with E-state index in [2.05, 4.69) is 15.1 Å². The maximum atomic E-state index is 13.4. The minimum atomic E-state index is -0.919. The van der Waals surface area contributed by atoms with Gasteiger partial charge >= 0.3 is 6.09 Å². The lowest BCUT2D eigenvalue weighted by Crippen LogP contribution is -2.47. The molecule has 0 unspecified atom stereocenters. The number of hydrogen-bond donors (Lipinski definition) is 2. The Kier molecular flexibility index (Phi) is 7.07. The number of Topliss-reactive ketones (excluding diaryl/α,β-unsaturated/α-hetero) is 1. The maximum Gasteiger partial charge on any atom is 0.407 e. The molecule has 10 nitrogen and oxygen atoms in total. The molecule has 3 aromatic carbocycles. The van der Waals surface area contributed by atoms with E-state index in [1.807, 2.05) is 54.6 Å². The highest BCUT2D eigenvalue weighted by atomic mass is 16.5. The summed E-state index contributed by atoms with van der Waals surface area (Å²) in [5.74, 6) is 1.77. The third-order valence-electron chi connectivity index (χ3n) is 7.04. The standard InChI is InChI=1S/C30H28N4O6/c35-28-22-10-11-26(39-17-16-38-20-6-2-1-3-7-20)23(19-33-12-14-34(15-13-33)30(36)37)29(22)40-27(28)18-25-21-8-4-5-9-24(21)31-32-25/h1-11,18H,12-17,19H2,(H,31,32)(H,36,37)/b27-18-. The summed E-state index contributed by atoms with van der Waals surface area (Å²) < 4.78 is 18.1. The smallest absolute Gasteiger partial charge is 0.407 e. The van der Waals surface area contributed by atoms with Gasteiger partial charge in [0.25, 0.3) is 0 Å². The van der Waals surface area contributed by atoms with Gasteiger partial charge in [0, 0.05) is 44.2 Å². The Morgan fingerprint density at radius 2 is 1.73 bits per heavy atom. The molecule has 1 amide bonds. The number of amides is 1. The first-order chi connectivity index (χ1) is 19.6. The lowest BCUT2D eigenvalue weighted by atomic mass is 10.0. The number of carbonyl (C=O) groups is 2. The first kappa shape index (κ1) is 25.4. The molecule has 0 radical (unpaired) electrons. The Morgan fingerprint density at radius 3 is 2.52 bits per heavy atom. The maximum absolute atomic E-state index is 13.4. The highest BCUT2D eigenvalue weighted by molar-refractivity contribution is 6.15. The predicted octanol–water partition coefficient (Wildman–Crippen LogP) is 4.43. The van der Waals surface area contributed by atoms with Gasteiger partial charge in [-0.2, -0.15) is 5.10 Å². The summed E-state index contributed by atoms with van der Waals surface area (Å²) in [4.78, 5) is 28.3. The number of hydrogen-bond acceptors (Lipinski definition) is 7. The zero-order valence-corrected chi connectivity index (χ0v) is 21.7. The van der Waals surface area contributed by atoms with E-state index < -0.39 is 6.09 Å². The molecule has 4 aromatic rings. The van der Waals surface area contributed by atoms with Gasteiger partial charge in [-0.1, -0.05) is 36.4 Å². The molecule has 0 bridgehead atoms. The van der Waals surface area contributed by atoms with Crippen LogP contribution in [0, 0.1) is 0 Å². The number of benzene rings is 3. The van der Waals surface area contributed by atoms with Crippen LogP contribution in [0.5, 0.6) is 17.2 Å². The van der Waals surface area contributed by atoms with E-state index in [1.165, 1.54) is 4.90 Å². The number of H-pyrrole nitrogens is 1. The van der Waals surface area contributed by atoms with Gasteiger partial charge in [0.05, 0.1) is 22.3 Å². The summed E-state index contributed by atoms with van der Waals surface area (Å²) in [6.45, 7) is 3.01. The van der Waals surface area contributed by atoms with Crippen LogP contribution < -0.4 is 14.2 Å². The van der Waals surface area contributed by atoms with Gasteiger partial charge in [0.15, 0.2) is 5.76 Å². The van der Waals surface area contributed by atoms with Crippen LogP contribution in [-0.4, -0.2) is 76.4 Å². The summed E-state index contributed by atoms with van der Waals surface area (Å²) >= 11 is 0. The Bertz CT molecular complexity index is 1570. The van der Waals surface area contributed by atoms with E-state index in [-0.39, 0.29) is 11.5 Å². The van der Waals surface area contributed by atoms with Crippen LogP contribution >= 0.6 is 0 Å². The van der Waals surface area contributed by atoms with Crippen LogP contribution in [0.1, 0.15) is 21.6 Å². The van der Waals surface area contributed by atoms with E-state index in [9.17, 15) is 14.7 Å². The molecule has 204 valence electrons. The summed E-state index contributed by atoms with van der Waals surface area (Å²) in [5, 5.41) is 17.5. The monoisotopic (exact) mass is 540 g/mol. The highest BCUT2D eigenvalue weighted by Crippen LogP contribution is 2.41. The second kappa shape index (κ2) is 11.1. The summed E-state index contributed by atoms with van der Waals surface area (Å²) in [5.41, 5.74) is 2.68. The van der Waals surface area contributed by atoms with Gasteiger partial charge in [-0.25, -0.2) is 4.79 Å². The van der Waals surface area contributed by atoms with E-state index in [0.717, 1.165) is 22.2 Å². The molecular weight excluding hydrogens is 512 g/mol. The van der Waals surface area contributed by atoms with Crippen LogP contribution in [0.3, 0.4) is 0 Å². The lowest BCUT2D eigenvalue weighted by Gasteiger charge is -2.33. The minimum Gasteiger partial charge on any atom is -0.490 e. The van der Waals surface area contributed by atoms with Crippen molar-refractivity contribution in [3.8, 4) is 17.2 Å². The van der Waals surface area contributed by atoms with E-state index >= 15 is 0 Å². The molecule has 2 aliphatic rings. The zero-order chi connectivity index (χ0) is 27.5. The van der Waals surface area contributed by atoms with E-state index in [0.29, 0.717) is 68.7 Å². The van der Waals surface area contributed by atoms with Crippen molar-refractivity contribution < 1.29 is 28.9 Å². The van der Waals surface area contributed by atoms with Gasteiger partial charge in [0.1, 0.15) is 30.5 Å². The molecule has 10 heteroatoms. The fourth-order valence-electron chi connectivity index (χ4n) is 4.94. The highest BCUT2D eigenvalue weighted by Gasteiger charge is 2.33. The second-order valence-electron chi connectivity index (χ2n) is 9.57. The fourth-order valence-corrected chi connectivity index (χ4v) is 4.94. The third kappa shape index (κ3) is 5.21. The summed E-state index contributed by atoms with van der Waals surface area (Å²) in [6.07, 6.45) is 0.738. The average Bonchev–Trinajstić information content (AvgIpc) is 3.53. The van der Waals surface area contributed by atoms with Gasteiger partial charge in [-0.3, -0.25) is 14.8 Å². The SMILES string of the molecule is O=C1/C(=C/c2n[nH]c3ccccc23)Oc2c1ccc(OCCOc1ccccc1)c2CN1CCN(C(=O)O)CC1. The van der Waals surface area contributed by atoms with Gasteiger partial charge in [-0.15, -0.1) is 0 Å². The van der Waals surface area contributed by atoms with Gasteiger partial charge in [-0.05, 0) is 30.3 Å². The number of ketones is 1. The van der Waals surface area contributed by atoms with Gasteiger partial charge < -0.3 is 24.2 Å². The molecule has 6 rings (SSSR count). The molecule has 0 atom stereocenters. The van der Waals surface area contributed by atoms with E-state index in [1.54, 1.807) is 18.2 Å². The number of aromatic nitrogens is 2. The molecule has 1 fully saturated rings. The molecule has 40 heavy (non-hydrogen) atoms. The Hall–Kier alpha value is -4.83. The third-order valence-corrected chi connectivity index (χ3v) is 7.04. The minimum absolute atomic E-state index is 0.189. The van der Waals surface area contributed by atoms with Crippen molar-refractivity contribution in [2.75, 3.05) is 39.4 Å². The Balaban J connectivity index is 1.25. The van der Waals surface area contributed by atoms with Crippen molar-refractivity contribution in [3.63, 3.8) is 0 Å². The number of carboxylic acid groups (broad SMARTS) is 1. The number of nitrogens with one attached hydrogen (secondary N) is 1. The molecule has 1 aromatic heterocycles. The molecule has 2 aliphatic heterocycles. The van der Waals surface area contributed by atoms with Crippen molar-refractivity contribution in [1.29, 1.82) is 0 Å². The number of allylic oxidation sites excluding steroid dienone is 1. The molecule has 1 saturated heterocycles. The summed E-state index contributed by atoms with van der Waals surface area (Å²) in [6, 6.07) is 20.7. The van der Waals surface area contributed by atoms with Gasteiger partial charge in [0.2, 0.25) is 5.78 Å². The number of nitrogens with zero attached hydrogens (tertiary/aromatic N) is 3. The largest absolute Gasteiger partial charge is 0.490 e. The van der Waals surface area contributed by atoms with Crippen molar-refractivity contribution >= 4 is 28.9 Å². The number of aromatic amines is 1. The zero-order valence-electron chi connectivity index (χ0n) is 21.7. The Labute approximate surface area is 230 Å².